The molecule has 76 valence electrons. The normalized spacial score (nSPS) is 19.9. The Kier molecular flexibility index (Phi) is 2.93. The summed E-state index contributed by atoms with van der Waals surface area (Å²) in [6, 6.07) is 8.15. The predicted octanol–water partition coefficient (Wildman–Crippen LogP) is 3.30. The summed E-state index contributed by atoms with van der Waals surface area (Å²) in [5.41, 5.74) is 0.779. The van der Waals surface area contributed by atoms with Gasteiger partial charge in [0.2, 0.25) is 0 Å². The Bertz CT molecular complexity index is 316. The molecule has 0 radical (unpaired) electrons. The Labute approximate surface area is 93.3 Å². The zero-order chi connectivity index (χ0) is 10.0. The molecule has 0 amide bonds. The van der Waals surface area contributed by atoms with Crippen molar-refractivity contribution in [3.8, 4) is 0 Å². The molecule has 1 aromatic carbocycles. The van der Waals surface area contributed by atoms with Crippen molar-refractivity contribution < 1.29 is 5.11 Å². The van der Waals surface area contributed by atoms with Crippen molar-refractivity contribution in [3.05, 3.63) is 34.3 Å². The van der Waals surface area contributed by atoms with Gasteiger partial charge in [-0.3, -0.25) is 0 Å². The number of benzene rings is 1. The third kappa shape index (κ3) is 2.18. The van der Waals surface area contributed by atoms with E-state index in [0.29, 0.717) is 0 Å². The van der Waals surface area contributed by atoms with Crippen LogP contribution in [-0.4, -0.2) is 10.7 Å². The maximum absolute atomic E-state index is 10.2. The highest BCUT2D eigenvalue weighted by atomic mass is 79.9. The topological polar surface area (TPSA) is 20.2 Å². The van der Waals surface area contributed by atoms with Crippen LogP contribution in [0.3, 0.4) is 0 Å². The van der Waals surface area contributed by atoms with Gasteiger partial charge >= 0.3 is 0 Å². The van der Waals surface area contributed by atoms with E-state index in [2.05, 4.69) is 22.0 Å². The van der Waals surface area contributed by atoms with Gasteiger partial charge in [-0.05, 0) is 24.5 Å². The highest BCUT2D eigenvalue weighted by Crippen LogP contribution is 2.34. The van der Waals surface area contributed by atoms with Crippen LogP contribution in [0.15, 0.2) is 28.7 Å². The quantitative estimate of drug-likeness (QED) is 0.859. The number of aliphatic hydroxyl groups is 1. The van der Waals surface area contributed by atoms with Crippen molar-refractivity contribution in [1.82, 2.24) is 0 Å². The smallest absolute Gasteiger partial charge is 0.0688 e. The van der Waals surface area contributed by atoms with Gasteiger partial charge in [-0.25, -0.2) is 0 Å². The van der Waals surface area contributed by atoms with Crippen molar-refractivity contribution in [2.75, 3.05) is 0 Å². The van der Waals surface area contributed by atoms with Crippen molar-refractivity contribution in [2.24, 2.45) is 0 Å². The first-order valence-corrected chi connectivity index (χ1v) is 5.95. The van der Waals surface area contributed by atoms with E-state index >= 15 is 0 Å². The first-order valence-electron chi connectivity index (χ1n) is 5.15. The molecule has 0 saturated heterocycles. The van der Waals surface area contributed by atoms with Crippen LogP contribution in [0.4, 0.5) is 0 Å². The van der Waals surface area contributed by atoms with Crippen molar-refractivity contribution in [2.45, 2.75) is 37.7 Å². The van der Waals surface area contributed by atoms with Crippen LogP contribution in [0, 0.1) is 0 Å². The Morgan fingerprint density at radius 1 is 1.21 bits per heavy atom. The fraction of sp³-hybridized carbons (Fsp3) is 0.500. The minimum absolute atomic E-state index is 0.441. The maximum atomic E-state index is 10.2. The van der Waals surface area contributed by atoms with Crippen molar-refractivity contribution in [1.29, 1.82) is 0 Å². The third-order valence-corrected chi connectivity index (χ3v) is 3.79. The van der Waals surface area contributed by atoms with E-state index in [1.54, 1.807) is 0 Å². The number of hydrogen-bond donors (Lipinski definition) is 1. The molecular formula is C12H15BrO. The van der Waals surface area contributed by atoms with Gasteiger partial charge in [0, 0.05) is 10.9 Å². The Balaban J connectivity index is 2.14. The molecule has 0 spiro atoms. The molecular weight excluding hydrogens is 240 g/mol. The fourth-order valence-corrected chi connectivity index (χ4v) is 2.63. The number of rotatable bonds is 2. The molecule has 0 heterocycles. The zero-order valence-electron chi connectivity index (χ0n) is 8.17. The van der Waals surface area contributed by atoms with Crippen LogP contribution < -0.4 is 0 Å². The maximum Gasteiger partial charge on any atom is 0.0688 e. The Morgan fingerprint density at radius 3 is 2.50 bits per heavy atom. The van der Waals surface area contributed by atoms with Crippen LogP contribution >= 0.6 is 15.9 Å². The molecule has 1 aliphatic carbocycles. The minimum Gasteiger partial charge on any atom is -0.390 e. The molecule has 2 heteroatoms. The molecule has 14 heavy (non-hydrogen) atoms. The number of hydrogen-bond acceptors (Lipinski definition) is 1. The molecule has 0 atom stereocenters. The minimum atomic E-state index is -0.441. The largest absolute Gasteiger partial charge is 0.390 e. The molecule has 0 aliphatic heterocycles. The summed E-state index contributed by atoms with van der Waals surface area (Å²) < 4.78 is 1.11. The molecule has 0 unspecified atom stereocenters. The van der Waals surface area contributed by atoms with E-state index in [0.717, 1.165) is 23.7 Å². The van der Waals surface area contributed by atoms with E-state index in [9.17, 15) is 5.11 Å². The molecule has 1 nitrogen and oxygen atoms in total. The second-order valence-electron chi connectivity index (χ2n) is 4.20. The lowest BCUT2D eigenvalue weighted by molar-refractivity contribution is 0.0480. The van der Waals surface area contributed by atoms with Gasteiger partial charge in [0.15, 0.2) is 0 Å². The van der Waals surface area contributed by atoms with Gasteiger partial charge in [-0.1, -0.05) is 47.0 Å². The lowest BCUT2D eigenvalue weighted by Gasteiger charge is -2.22. The summed E-state index contributed by atoms with van der Waals surface area (Å²) in [7, 11) is 0. The highest BCUT2D eigenvalue weighted by molar-refractivity contribution is 9.10. The SMILES string of the molecule is OC1(Cc2ccccc2Br)CCCC1. The van der Waals surface area contributed by atoms with Gasteiger partial charge in [0.05, 0.1) is 5.60 Å². The number of halogens is 1. The lowest BCUT2D eigenvalue weighted by Crippen LogP contribution is -2.27. The standard InChI is InChI=1S/C12H15BrO/c13-11-6-2-1-5-10(11)9-12(14)7-3-4-8-12/h1-2,5-6,14H,3-4,7-9H2. The van der Waals surface area contributed by atoms with Crippen LogP contribution in [0.25, 0.3) is 0 Å². The van der Waals surface area contributed by atoms with Crippen LogP contribution in [0.2, 0.25) is 0 Å². The van der Waals surface area contributed by atoms with Gasteiger partial charge < -0.3 is 5.11 Å². The summed E-state index contributed by atoms with van der Waals surface area (Å²) in [4.78, 5) is 0. The molecule has 1 saturated carbocycles. The summed E-state index contributed by atoms with van der Waals surface area (Å²) in [6.45, 7) is 0. The van der Waals surface area contributed by atoms with Crippen LogP contribution in [0.1, 0.15) is 31.2 Å². The molecule has 0 bridgehead atoms. The molecule has 1 aromatic rings. The summed E-state index contributed by atoms with van der Waals surface area (Å²) in [6.07, 6.45) is 5.03. The Hall–Kier alpha value is -0.340. The summed E-state index contributed by atoms with van der Waals surface area (Å²) >= 11 is 3.52. The van der Waals surface area contributed by atoms with Gasteiger partial charge in [-0.15, -0.1) is 0 Å². The second-order valence-corrected chi connectivity index (χ2v) is 5.05. The van der Waals surface area contributed by atoms with Crippen LogP contribution in [-0.2, 0) is 6.42 Å². The molecule has 2 rings (SSSR count). The molecule has 0 aromatic heterocycles. The average Bonchev–Trinajstić information content (AvgIpc) is 2.57. The van der Waals surface area contributed by atoms with E-state index in [-0.39, 0.29) is 0 Å². The summed E-state index contributed by atoms with van der Waals surface area (Å²) in [5.74, 6) is 0. The monoisotopic (exact) mass is 254 g/mol. The highest BCUT2D eigenvalue weighted by Gasteiger charge is 2.31. The van der Waals surface area contributed by atoms with E-state index in [4.69, 9.17) is 0 Å². The third-order valence-electron chi connectivity index (χ3n) is 3.01. The second kappa shape index (κ2) is 4.03. The average molecular weight is 255 g/mol. The first-order chi connectivity index (χ1) is 6.70. The van der Waals surface area contributed by atoms with E-state index < -0.39 is 5.60 Å². The van der Waals surface area contributed by atoms with Crippen molar-refractivity contribution >= 4 is 15.9 Å². The van der Waals surface area contributed by atoms with E-state index in [1.165, 1.54) is 18.4 Å². The Morgan fingerprint density at radius 2 is 1.86 bits per heavy atom. The fourth-order valence-electron chi connectivity index (χ4n) is 2.21. The molecule has 1 fully saturated rings. The van der Waals surface area contributed by atoms with Gasteiger partial charge in [0.25, 0.3) is 0 Å². The first kappa shape index (κ1) is 10.2. The van der Waals surface area contributed by atoms with Crippen molar-refractivity contribution in [3.63, 3.8) is 0 Å². The molecule has 1 N–H and O–H groups in total. The van der Waals surface area contributed by atoms with E-state index in [1.807, 2.05) is 18.2 Å². The van der Waals surface area contributed by atoms with Gasteiger partial charge in [-0.2, -0.15) is 0 Å². The van der Waals surface area contributed by atoms with Crippen LogP contribution in [0.5, 0.6) is 0 Å². The zero-order valence-corrected chi connectivity index (χ0v) is 9.76. The summed E-state index contributed by atoms with van der Waals surface area (Å²) in [5, 5.41) is 10.2. The predicted molar refractivity (Wildman–Crippen MR) is 61.3 cm³/mol. The van der Waals surface area contributed by atoms with Gasteiger partial charge in [0.1, 0.15) is 0 Å². The molecule has 1 aliphatic rings. The lowest BCUT2D eigenvalue weighted by atomic mass is 9.93.